The molecule has 0 unspecified atom stereocenters. The van der Waals surface area contributed by atoms with Crippen molar-refractivity contribution >= 4 is 0 Å². The summed E-state index contributed by atoms with van der Waals surface area (Å²) >= 11 is 0. The molecule has 1 heterocycles. The van der Waals surface area contributed by atoms with Gasteiger partial charge in [0.05, 0.1) is 5.69 Å². The second-order valence-corrected chi connectivity index (χ2v) is 3.38. The Morgan fingerprint density at radius 1 is 1.42 bits per heavy atom. The van der Waals surface area contributed by atoms with Crippen molar-refractivity contribution in [1.29, 1.82) is 0 Å². The van der Waals surface area contributed by atoms with E-state index >= 15 is 0 Å². The average Bonchev–Trinajstić information content (AvgIpc) is 2.46. The first kappa shape index (κ1) is 9.30. The van der Waals surface area contributed by atoms with E-state index < -0.39 is 0 Å². The summed E-state index contributed by atoms with van der Waals surface area (Å²) in [7, 11) is 0. The lowest BCUT2D eigenvalue weighted by Crippen LogP contribution is -1.98. The van der Waals surface area contributed by atoms with Gasteiger partial charge in [0, 0.05) is 19.2 Å². The maximum absolute atomic E-state index is 4.56. The highest BCUT2D eigenvalue weighted by Crippen LogP contribution is 2.13. The van der Waals surface area contributed by atoms with Crippen molar-refractivity contribution in [3.05, 3.63) is 17.7 Å². The molecule has 0 N–H and O–H groups in total. The smallest absolute Gasteiger partial charge is 0.108 e. The van der Waals surface area contributed by atoms with E-state index in [1.54, 1.807) is 0 Å². The van der Waals surface area contributed by atoms with Gasteiger partial charge in [0.2, 0.25) is 0 Å². The number of hydrogen-bond donors (Lipinski definition) is 0. The number of aromatic nitrogens is 2. The maximum Gasteiger partial charge on any atom is 0.108 e. The Morgan fingerprint density at radius 3 is 2.42 bits per heavy atom. The molecule has 2 heteroatoms. The van der Waals surface area contributed by atoms with Crippen LogP contribution in [0.15, 0.2) is 6.20 Å². The number of aryl methyl sites for hydroxylation is 2. The van der Waals surface area contributed by atoms with Gasteiger partial charge >= 0.3 is 0 Å². The molecule has 1 rings (SSSR count). The van der Waals surface area contributed by atoms with Crippen molar-refractivity contribution in [2.75, 3.05) is 0 Å². The molecule has 0 aliphatic heterocycles. The van der Waals surface area contributed by atoms with Crippen LogP contribution in [0.4, 0.5) is 0 Å². The van der Waals surface area contributed by atoms with Gasteiger partial charge < -0.3 is 4.57 Å². The van der Waals surface area contributed by atoms with E-state index in [-0.39, 0.29) is 0 Å². The fourth-order valence-electron chi connectivity index (χ4n) is 1.31. The second kappa shape index (κ2) is 3.74. The predicted octanol–water partition coefficient (Wildman–Crippen LogP) is 2.59. The molecular weight excluding hydrogens is 148 g/mol. The summed E-state index contributed by atoms with van der Waals surface area (Å²) in [6, 6.07) is 0. The quantitative estimate of drug-likeness (QED) is 0.675. The van der Waals surface area contributed by atoms with Gasteiger partial charge in [0.25, 0.3) is 0 Å². The van der Waals surface area contributed by atoms with Crippen molar-refractivity contribution in [2.45, 2.75) is 46.6 Å². The molecule has 1 aromatic rings. The van der Waals surface area contributed by atoms with Crippen molar-refractivity contribution in [2.24, 2.45) is 0 Å². The van der Waals surface area contributed by atoms with Crippen LogP contribution < -0.4 is 0 Å². The average molecular weight is 166 g/mol. The third kappa shape index (κ3) is 1.68. The van der Waals surface area contributed by atoms with Gasteiger partial charge in [0.1, 0.15) is 5.82 Å². The lowest BCUT2D eigenvalue weighted by atomic mass is 10.2. The third-order valence-electron chi connectivity index (χ3n) is 2.13. The predicted molar refractivity (Wildman–Crippen MR) is 51.4 cm³/mol. The number of nitrogens with zero attached hydrogens (tertiary/aromatic N) is 2. The molecule has 1 aromatic heterocycles. The monoisotopic (exact) mass is 166 g/mol. The molecule has 12 heavy (non-hydrogen) atoms. The molecule has 2 nitrogen and oxygen atoms in total. The first-order chi connectivity index (χ1) is 5.69. The zero-order valence-corrected chi connectivity index (χ0v) is 8.46. The van der Waals surface area contributed by atoms with Crippen molar-refractivity contribution in [1.82, 2.24) is 9.55 Å². The summed E-state index contributed by atoms with van der Waals surface area (Å²) in [5.41, 5.74) is 1.22. The minimum absolute atomic E-state index is 0.545. The molecule has 0 bridgehead atoms. The van der Waals surface area contributed by atoms with E-state index in [1.165, 1.54) is 11.5 Å². The Kier molecular flexibility index (Phi) is 2.90. The van der Waals surface area contributed by atoms with E-state index in [0.717, 1.165) is 13.0 Å². The molecule has 0 amide bonds. The van der Waals surface area contributed by atoms with Gasteiger partial charge in [0.15, 0.2) is 0 Å². The Balaban J connectivity index is 2.97. The van der Waals surface area contributed by atoms with Crippen LogP contribution in [0.25, 0.3) is 0 Å². The van der Waals surface area contributed by atoms with Gasteiger partial charge in [-0.3, -0.25) is 0 Å². The highest BCUT2D eigenvalue weighted by molar-refractivity contribution is 5.07. The molecule has 68 valence electrons. The molecule has 0 spiro atoms. The highest BCUT2D eigenvalue weighted by Gasteiger charge is 2.07. The Labute approximate surface area is 74.6 Å². The van der Waals surface area contributed by atoms with Crippen LogP contribution in [-0.2, 0) is 13.0 Å². The van der Waals surface area contributed by atoms with Crippen LogP contribution in [0.5, 0.6) is 0 Å². The normalized spacial score (nSPS) is 11.1. The Bertz CT molecular complexity index is 227. The number of rotatable bonds is 3. The molecule has 0 saturated carbocycles. The second-order valence-electron chi connectivity index (χ2n) is 3.38. The Morgan fingerprint density at radius 2 is 2.08 bits per heavy atom. The molecule has 0 radical (unpaired) electrons. The highest BCUT2D eigenvalue weighted by atomic mass is 15.1. The molecule has 0 aliphatic carbocycles. The fourth-order valence-corrected chi connectivity index (χ4v) is 1.31. The van der Waals surface area contributed by atoms with Crippen molar-refractivity contribution in [3.63, 3.8) is 0 Å². The van der Waals surface area contributed by atoms with Crippen LogP contribution >= 0.6 is 0 Å². The molecule has 0 aliphatic rings. The van der Waals surface area contributed by atoms with Gasteiger partial charge in [-0.15, -0.1) is 0 Å². The minimum Gasteiger partial charge on any atom is -0.335 e. The lowest BCUT2D eigenvalue weighted by Gasteiger charge is -1.99. The minimum atomic E-state index is 0.545. The van der Waals surface area contributed by atoms with E-state index in [1.807, 2.05) is 0 Å². The zero-order chi connectivity index (χ0) is 9.14. The fraction of sp³-hybridized carbons (Fsp3) is 0.700. The largest absolute Gasteiger partial charge is 0.335 e. The standard InChI is InChI=1S/C10H18N2/c1-5-10-11-9(8(3)4)7-12(10)6-2/h7-8H,5-6H2,1-4H3. The van der Waals surface area contributed by atoms with E-state index in [4.69, 9.17) is 0 Å². The molecular formula is C10H18N2. The van der Waals surface area contributed by atoms with Crippen molar-refractivity contribution < 1.29 is 0 Å². The lowest BCUT2D eigenvalue weighted by molar-refractivity contribution is 0.705. The first-order valence-corrected chi connectivity index (χ1v) is 4.75. The number of imidazole rings is 1. The summed E-state index contributed by atoms with van der Waals surface area (Å²) in [6.45, 7) is 9.70. The maximum atomic E-state index is 4.56. The molecule has 0 aromatic carbocycles. The number of hydrogen-bond acceptors (Lipinski definition) is 1. The summed E-state index contributed by atoms with van der Waals surface area (Å²) in [4.78, 5) is 4.56. The molecule has 0 atom stereocenters. The molecule has 0 fully saturated rings. The van der Waals surface area contributed by atoms with Crippen LogP contribution in [0.2, 0.25) is 0 Å². The van der Waals surface area contributed by atoms with E-state index in [9.17, 15) is 0 Å². The van der Waals surface area contributed by atoms with E-state index in [0.29, 0.717) is 5.92 Å². The summed E-state index contributed by atoms with van der Waals surface area (Å²) in [6.07, 6.45) is 3.20. The topological polar surface area (TPSA) is 17.8 Å². The molecule has 0 saturated heterocycles. The van der Waals surface area contributed by atoms with Crippen LogP contribution in [-0.4, -0.2) is 9.55 Å². The van der Waals surface area contributed by atoms with Crippen LogP contribution in [0, 0.1) is 0 Å². The van der Waals surface area contributed by atoms with E-state index in [2.05, 4.69) is 43.4 Å². The van der Waals surface area contributed by atoms with Gasteiger partial charge in [-0.25, -0.2) is 4.98 Å². The van der Waals surface area contributed by atoms with Gasteiger partial charge in [-0.1, -0.05) is 20.8 Å². The Hall–Kier alpha value is -0.790. The van der Waals surface area contributed by atoms with Crippen LogP contribution in [0.3, 0.4) is 0 Å². The first-order valence-electron chi connectivity index (χ1n) is 4.75. The zero-order valence-electron chi connectivity index (χ0n) is 8.46. The summed E-state index contributed by atoms with van der Waals surface area (Å²) in [5.74, 6) is 1.75. The third-order valence-corrected chi connectivity index (χ3v) is 2.13. The SMILES string of the molecule is CCc1nc(C(C)C)cn1CC. The van der Waals surface area contributed by atoms with Gasteiger partial charge in [-0.05, 0) is 12.8 Å². The summed E-state index contributed by atoms with van der Waals surface area (Å²) in [5, 5.41) is 0. The van der Waals surface area contributed by atoms with Gasteiger partial charge in [-0.2, -0.15) is 0 Å². The summed E-state index contributed by atoms with van der Waals surface area (Å²) < 4.78 is 2.23. The van der Waals surface area contributed by atoms with Crippen LogP contribution in [0.1, 0.15) is 45.1 Å². The van der Waals surface area contributed by atoms with Crippen molar-refractivity contribution in [3.8, 4) is 0 Å².